The number of ether oxygens (including phenoxy) is 1. The van der Waals surface area contributed by atoms with Gasteiger partial charge in [0.1, 0.15) is 18.6 Å². The number of carbonyl (C=O) groups excluding carboxylic acids is 1. The molecule has 0 N–H and O–H groups in total. The molecule has 3 rings (SSSR count). The third kappa shape index (κ3) is 4.30. The fourth-order valence-electron chi connectivity index (χ4n) is 2.00. The Morgan fingerprint density at radius 3 is 2.88 bits per heavy atom. The number of carbonyl (C=O) groups is 1. The largest absolute Gasteiger partial charge is 0.461 e. The summed E-state index contributed by atoms with van der Waals surface area (Å²) < 4.78 is 6.81. The molecule has 0 aliphatic carbocycles. The molecular formula is C17H16N4O3S. The Kier molecular flexibility index (Phi) is 5.53. The molecule has 0 radical (unpaired) electrons. The van der Waals surface area contributed by atoms with Crippen LogP contribution in [0.4, 0.5) is 0 Å². The third-order valence-electron chi connectivity index (χ3n) is 3.16. The number of hydrogen-bond acceptors (Lipinski definition) is 7. The van der Waals surface area contributed by atoms with Crippen molar-refractivity contribution >= 4 is 23.0 Å². The molecule has 128 valence electrons. The molecule has 0 fully saturated rings. The molecule has 0 unspecified atom stereocenters. The van der Waals surface area contributed by atoms with Crippen LogP contribution in [0.1, 0.15) is 18.2 Å². The van der Waals surface area contributed by atoms with Crippen LogP contribution in [0, 0.1) is 0 Å². The Morgan fingerprint density at radius 1 is 1.32 bits per heavy atom. The molecule has 1 aromatic carbocycles. The van der Waals surface area contributed by atoms with E-state index in [9.17, 15) is 4.79 Å². The van der Waals surface area contributed by atoms with Gasteiger partial charge in [-0.3, -0.25) is 4.57 Å². The first-order chi connectivity index (χ1) is 12.3. The highest BCUT2D eigenvalue weighted by molar-refractivity contribution is 7.12. The Labute approximate surface area is 148 Å². The molecule has 0 saturated heterocycles. The number of aromatic nitrogens is 3. The van der Waals surface area contributed by atoms with Crippen molar-refractivity contribution in [2.45, 2.75) is 13.5 Å². The molecule has 25 heavy (non-hydrogen) atoms. The highest BCUT2D eigenvalue weighted by Gasteiger charge is 2.20. The summed E-state index contributed by atoms with van der Waals surface area (Å²) in [4.78, 5) is 25.9. The minimum atomic E-state index is -0.571. The van der Waals surface area contributed by atoms with Crippen molar-refractivity contribution < 1.29 is 14.4 Å². The Balaban J connectivity index is 1.79. The molecule has 0 aliphatic heterocycles. The smallest absolute Gasteiger partial charge is 0.362 e. The van der Waals surface area contributed by atoms with E-state index in [4.69, 9.17) is 9.57 Å². The topological polar surface area (TPSA) is 78.6 Å². The second-order valence-corrected chi connectivity index (χ2v) is 5.74. The Morgan fingerprint density at radius 2 is 2.16 bits per heavy atom. The van der Waals surface area contributed by atoms with Gasteiger partial charge >= 0.3 is 5.97 Å². The van der Waals surface area contributed by atoms with Crippen molar-refractivity contribution in [3.05, 3.63) is 65.7 Å². The molecule has 0 saturated carbocycles. The van der Waals surface area contributed by atoms with Crippen LogP contribution < -0.4 is 0 Å². The van der Waals surface area contributed by atoms with Crippen molar-refractivity contribution in [2.24, 2.45) is 5.16 Å². The van der Waals surface area contributed by atoms with Crippen LogP contribution in [0.5, 0.6) is 0 Å². The molecule has 0 atom stereocenters. The van der Waals surface area contributed by atoms with Gasteiger partial charge in [0.05, 0.1) is 6.61 Å². The molecule has 0 bridgehead atoms. The van der Waals surface area contributed by atoms with Gasteiger partial charge in [-0.15, -0.1) is 11.3 Å². The van der Waals surface area contributed by atoms with Crippen molar-refractivity contribution in [1.82, 2.24) is 14.5 Å². The van der Waals surface area contributed by atoms with Gasteiger partial charge in [-0.2, -0.15) is 0 Å². The van der Waals surface area contributed by atoms with E-state index in [1.807, 2.05) is 30.3 Å². The lowest BCUT2D eigenvalue weighted by molar-refractivity contribution is -0.135. The van der Waals surface area contributed by atoms with E-state index in [0.29, 0.717) is 10.8 Å². The normalized spacial score (nSPS) is 11.3. The number of thiazole rings is 1. The van der Waals surface area contributed by atoms with Gasteiger partial charge < -0.3 is 9.57 Å². The van der Waals surface area contributed by atoms with Crippen LogP contribution in [-0.4, -0.2) is 32.8 Å². The number of esters is 1. The van der Waals surface area contributed by atoms with Crippen LogP contribution in [0.3, 0.4) is 0 Å². The fraction of sp³-hybridized carbons (Fsp3) is 0.176. The summed E-state index contributed by atoms with van der Waals surface area (Å²) >= 11 is 1.37. The number of oxime groups is 1. The predicted octanol–water partition coefficient (Wildman–Crippen LogP) is 2.81. The maximum Gasteiger partial charge on any atom is 0.362 e. The number of benzene rings is 1. The van der Waals surface area contributed by atoms with E-state index in [1.54, 1.807) is 35.6 Å². The fourth-order valence-corrected chi connectivity index (χ4v) is 2.76. The van der Waals surface area contributed by atoms with Crippen molar-refractivity contribution in [3.8, 4) is 5.13 Å². The standard InChI is InChI=1S/C17H16N4O3S/c1-2-23-16(22)15(20-24-10-13-6-4-3-5-7-13)14-11-25-17(19-14)21-9-8-18-12-21/h3-9,11-12H,2,10H2,1H3/b20-15-. The van der Waals surface area contributed by atoms with Gasteiger partial charge in [0.15, 0.2) is 5.13 Å². The van der Waals surface area contributed by atoms with Gasteiger partial charge in [-0.25, -0.2) is 14.8 Å². The summed E-state index contributed by atoms with van der Waals surface area (Å²) in [6.07, 6.45) is 5.07. The van der Waals surface area contributed by atoms with Gasteiger partial charge in [0.25, 0.3) is 0 Å². The number of imidazole rings is 1. The average molecular weight is 356 g/mol. The van der Waals surface area contributed by atoms with Crippen molar-refractivity contribution in [2.75, 3.05) is 6.61 Å². The highest BCUT2D eigenvalue weighted by atomic mass is 32.1. The van der Waals surface area contributed by atoms with Gasteiger partial charge in [-0.1, -0.05) is 35.5 Å². The maximum atomic E-state index is 12.2. The van der Waals surface area contributed by atoms with Crippen LogP contribution in [-0.2, 0) is 21.0 Å². The van der Waals surface area contributed by atoms with E-state index >= 15 is 0 Å². The van der Waals surface area contributed by atoms with Crippen molar-refractivity contribution in [3.63, 3.8) is 0 Å². The summed E-state index contributed by atoms with van der Waals surface area (Å²) in [6, 6.07) is 9.57. The number of rotatable bonds is 7. The minimum absolute atomic E-state index is 0.0420. The zero-order chi connectivity index (χ0) is 17.5. The molecule has 7 nitrogen and oxygen atoms in total. The quantitative estimate of drug-likeness (QED) is 0.369. The SMILES string of the molecule is CCOC(=O)/C(=N\OCc1ccccc1)c1csc(-n2ccnc2)n1. The summed E-state index contributed by atoms with van der Waals surface area (Å²) in [5.74, 6) is -0.571. The Bertz CT molecular complexity index is 844. The maximum absolute atomic E-state index is 12.2. The van der Waals surface area contributed by atoms with E-state index in [-0.39, 0.29) is 18.9 Å². The summed E-state index contributed by atoms with van der Waals surface area (Å²) in [5.41, 5.74) is 1.40. The Hall–Kier alpha value is -3.00. The highest BCUT2D eigenvalue weighted by Crippen LogP contribution is 2.16. The number of hydrogen-bond donors (Lipinski definition) is 0. The molecule has 3 aromatic rings. The molecule has 2 heterocycles. The monoisotopic (exact) mass is 356 g/mol. The van der Waals surface area contributed by atoms with Crippen LogP contribution in [0.15, 0.2) is 59.6 Å². The minimum Gasteiger partial charge on any atom is -0.461 e. The van der Waals surface area contributed by atoms with Crippen LogP contribution in [0.2, 0.25) is 0 Å². The van der Waals surface area contributed by atoms with Crippen LogP contribution in [0.25, 0.3) is 5.13 Å². The number of nitrogens with zero attached hydrogens (tertiary/aromatic N) is 4. The van der Waals surface area contributed by atoms with E-state index in [2.05, 4.69) is 15.1 Å². The zero-order valence-electron chi connectivity index (χ0n) is 13.5. The van der Waals surface area contributed by atoms with Gasteiger partial charge in [0.2, 0.25) is 5.71 Å². The molecule has 2 aromatic heterocycles. The van der Waals surface area contributed by atoms with E-state index in [1.165, 1.54) is 11.3 Å². The molecule has 8 heteroatoms. The first kappa shape index (κ1) is 16.8. The zero-order valence-corrected chi connectivity index (χ0v) is 14.3. The lowest BCUT2D eigenvalue weighted by Crippen LogP contribution is -2.20. The summed E-state index contributed by atoms with van der Waals surface area (Å²) in [5, 5.41) is 6.37. The van der Waals surface area contributed by atoms with Crippen molar-refractivity contribution in [1.29, 1.82) is 0 Å². The lowest BCUT2D eigenvalue weighted by Gasteiger charge is -2.04. The molecular weight excluding hydrogens is 340 g/mol. The molecule has 0 aliphatic rings. The van der Waals surface area contributed by atoms with E-state index in [0.717, 1.165) is 5.56 Å². The summed E-state index contributed by atoms with van der Waals surface area (Å²) in [7, 11) is 0. The summed E-state index contributed by atoms with van der Waals surface area (Å²) in [6.45, 7) is 2.23. The predicted molar refractivity (Wildman–Crippen MR) is 93.6 cm³/mol. The molecule has 0 spiro atoms. The second kappa shape index (κ2) is 8.20. The lowest BCUT2D eigenvalue weighted by atomic mass is 10.2. The average Bonchev–Trinajstić information content (AvgIpc) is 3.31. The van der Waals surface area contributed by atoms with Gasteiger partial charge in [-0.05, 0) is 12.5 Å². The van der Waals surface area contributed by atoms with Gasteiger partial charge in [0, 0.05) is 17.8 Å². The van der Waals surface area contributed by atoms with Crippen LogP contribution >= 0.6 is 11.3 Å². The molecule has 0 amide bonds. The first-order valence-electron chi connectivity index (χ1n) is 7.63. The first-order valence-corrected chi connectivity index (χ1v) is 8.51. The van der Waals surface area contributed by atoms with E-state index < -0.39 is 5.97 Å². The third-order valence-corrected chi connectivity index (χ3v) is 4.01. The second-order valence-electron chi connectivity index (χ2n) is 4.90.